The minimum atomic E-state index is -0.848. The van der Waals surface area contributed by atoms with Crippen molar-refractivity contribution in [3.8, 4) is 0 Å². The highest BCUT2D eigenvalue weighted by molar-refractivity contribution is 5.86. The summed E-state index contributed by atoms with van der Waals surface area (Å²) in [5, 5.41) is 9.24. The van der Waals surface area contributed by atoms with Crippen LogP contribution < -0.4 is 0 Å². The average molecular weight is 253 g/mol. The summed E-state index contributed by atoms with van der Waals surface area (Å²) in [5.74, 6) is -0.763. The lowest BCUT2D eigenvalue weighted by atomic mass is 9.80. The molecular formula is C14H23NO3. The van der Waals surface area contributed by atoms with Gasteiger partial charge in [0.15, 0.2) is 0 Å². The average Bonchev–Trinajstić information content (AvgIpc) is 2.68. The van der Waals surface area contributed by atoms with Crippen LogP contribution in [0, 0.1) is 11.3 Å². The smallest absolute Gasteiger partial charge is 0.326 e. The Kier molecular flexibility index (Phi) is 3.64. The third-order valence-corrected chi connectivity index (χ3v) is 4.63. The Bertz CT molecular complexity index is 351. The van der Waals surface area contributed by atoms with Crippen molar-refractivity contribution in [2.45, 2.75) is 58.4 Å². The van der Waals surface area contributed by atoms with E-state index >= 15 is 0 Å². The molecule has 1 saturated carbocycles. The molecule has 4 heteroatoms. The van der Waals surface area contributed by atoms with Crippen molar-refractivity contribution in [2.24, 2.45) is 11.3 Å². The minimum absolute atomic E-state index is 0.0115. The molecule has 1 aliphatic heterocycles. The number of carbonyl (C=O) groups excluding carboxylic acids is 1. The molecule has 0 aromatic rings. The Morgan fingerprint density at radius 3 is 2.44 bits per heavy atom. The molecule has 0 radical (unpaired) electrons. The highest BCUT2D eigenvalue weighted by Gasteiger charge is 2.44. The van der Waals surface area contributed by atoms with Gasteiger partial charge in [-0.15, -0.1) is 0 Å². The molecule has 2 rings (SSSR count). The predicted molar refractivity (Wildman–Crippen MR) is 68.1 cm³/mol. The molecule has 102 valence electrons. The quantitative estimate of drug-likeness (QED) is 0.821. The van der Waals surface area contributed by atoms with E-state index in [9.17, 15) is 14.7 Å². The van der Waals surface area contributed by atoms with E-state index in [4.69, 9.17) is 0 Å². The van der Waals surface area contributed by atoms with Gasteiger partial charge in [0.2, 0.25) is 5.91 Å². The fourth-order valence-electron chi connectivity index (χ4n) is 3.44. The number of hydrogen-bond acceptors (Lipinski definition) is 2. The van der Waals surface area contributed by atoms with Gasteiger partial charge >= 0.3 is 5.97 Å². The summed E-state index contributed by atoms with van der Waals surface area (Å²) in [5.41, 5.74) is 0.0254. The second-order valence-electron chi connectivity index (χ2n) is 6.31. The molecule has 0 bridgehead atoms. The SMILES string of the molecule is CC1(C)CCCC1C(=O)N1CCCC[C@@H]1C(=O)O. The Hall–Kier alpha value is -1.06. The van der Waals surface area contributed by atoms with Crippen LogP contribution in [0.5, 0.6) is 0 Å². The van der Waals surface area contributed by atoms with Gasteiger partial charge in [-0.25, -0.2) is 4.79 Å². The maximum Gasteiger partial charge on any atom is 0.326 e. The van der Waals surface area contributed by atoms with Gasteiger partial charge in [0.25, 0.3) is 0 Å². The van der Waals surface area contributed by atoms with E-state index in [1.54, 1.807) is 4.90 Å². The third kappa shape index (κ3) is 2.38. The highest BCUT2D eigenvalue weighted by atomic mass is 16.4. The summed E-state index contributed by atoms with van der Waals surface area (Å²) < 4.78 is 0. The van der Waals surface area contributed by atoms with Crippen molar-refractivity contribution >= 4 is 11.9 Å². The van der Waals surface area contributed by atoms with Gasteiger partial charge < -0.3 is 10.0 Å². The van der Waals surface area contributed by atoms with Crippen LogP contribution in [0.4, 0.5) is 0 Å². The van der Waals surface area contributed by atoms with E-state index in [-0.39, 0.29) is 17.2 Å². The molecule has 2 aliphatic rings. The van der Waals surface area contributed by atoms with E-state index < -0.39 is 12.0 Å². The van der Waals surface area contributed by atoms with Crippen molar-refractivity contribution in [1.82, 2.24) is 4.90 Å². The predicted octanol–water partition coefficient (Wildman–Crippen LogP) is 2.28. The standard InChI is InChI=1S/C14H23NO3/c1-14(2)8-5-6-10(14)12(16)15-9-4-3-7-11(15)13(17)18/h10-11H,3-9H2,1-2H3,(H,17,18)/t10?,11-/m1/s1. The Labute approximate surface area is 108 Å². The largest absolute Gasteiger partial charge is 0.480 e. The van der Waals surface area contributed by atoms with E-state index in [1.807, 2.05) is 0 Å². The summed E-state index contributed by atoms with van der Waals surface area (Å²) in [6.45, 7) is 4.87. The van der Waals surface area contributed by atoms with Crippen molar-refractivity contribution in [2.75, 3.05) is 6.54 Å². The zero-order valence-electron chi connectivity index (χ0n) is 11.3. The number of piperidine rings is 1. The van der Waals surface area contributed by atoms with Gasteiger partial charge in [0.05, 0.1) is 0 Å². The van der Waals surface area contributed by atoms with Crippen LogP contribution in [0.3, 0.4) is 0 Å². The Morgan fingerprint density at radius 2 is 1.89 bits per heavy atom. The first kappa shape index (κ1) is 13.4. The topological polar surface area (TPSA) is 57.6 Å². The second-order valence-corrected chi connectivity index (χ2v) is 6.31. The number of aliphatic carboxylic acids is 1. The fourth-order valence-corrected chi connectivity index (χ4v) is 3.44. The summed E-state index contributed by atoms with van der Waals surface area (Å²) >= 11 is 0. The number of carboxylic acid groups (broad SMARTS) is 1. The fraction of sp³-hybridized carbons (Fsp3) is 0.857. The lowest BCUT2D eigenvalue weighted by Gasteiger charge is -2.37. The lowest BCUT2D eigenvalue weighted by Crippen LogP contribution is -2.51. The summed E-state index contributed by atoms with van der Waals surface area (Å²) in [6, 6.07) is -0.595. The monoisotopic (exact) mass is 253 g/mol. The maximum atomic E-state index is 12.6. The molecule has 18 heavy (non-hydrogen) atoms. The van der Waals surface area contributed by atoms with Crippen LogP contribution in [0.25, 0.3) is 0 Å². The summed E-state index contributed by atoms with van der Waals surface area (Å²) in [4.78, 5) is 25.5. The molecule has 1 amide bonds. The molecule has 4 nitrogen and oxygen atoms in total. The highest BCUT2D eigenvalue weighted by Crippen LogP contribution is 2.44. The van der Waals surface area contributed by atoms with Gasteiger partial charge in [-0.05, 0) is 37.5 Å². The number of nitrogens with zero attached hydrogens (tertiary/aromatic N) is 1. The zero-order chi connectivity index (χ0) is 13.3. The first-order valence-corrected chi connectivity index (χ1v) is 6.97. The van der Waals surface area contributed by atoms with E-state index in [0.717, 1.165) is 32.1 Å². The molecule has 1 aliphatic carbocycles. The molecule has 0 aromatic heterocycles. The van der Waals surface area contributed by atoms with Crippen LogP contribution in [-0.2, 0) is 9.59 Å². The molecule has 1 unspecified atom stereocenters. The second kappa shape index (κ2) is 4.90. The molecular weight excluding hydrogens is 230 g/mol. The summed E-state index contributed by atoms with van der Waals surface area (Å²) in [7, 11) is 0. The van der Waals surface area contributed by atoms with E-state index in [1.165, 1.54) is 0 Å². The first-order chi connectivity index (χ1) is 8.43. The Balaban J connectivity index is 2.13. The maximum absolute atomic E-state index is 12.6. The van der Waals surface area contributed by atoms with Crippen molar-refractivity contribution in [1.29, 1.82) is 0 Å². The van der Waals surface area contributed by atoms with Gasteiger partial charge in [0.1, 0.15) is 6.04 Å². The van der Waals surface area contributed by atoms with Crippen molar-refractivity contribution in [3.05, 3.63) is 0 Å². The number of amides is 1. The molecule has 2 fully saturated rings. The number of carboxylic acids is 1. The Morgan fingerprint density at radius 1 is 1.17 bits per heavy atom. The molecule has 0 spiro atoms. The van der Waals surface area contributed by atoms with Gasteiger partial charge in [-0.3, -0.25) is 4.79 Å². The molecule has 2 atom stereocenters. The third-order valence-electron chi connectivity index (χ3n) is 4.63. The first-order valence-electron chi connectivity index (χ1n) is 6.97. The lowest BCUT2D eigenvalue weighted by molar-refractivity contribution is -0.155. The normalized spacial score (nSPS) is 31.3. The van der Waals surface area contributed by atoms with Gasteiger partial charge in [-0.2, -0.15) is 0 Å². The number of carbonyl (C=O) groups is 2. The number of rotatable bonds is 2. The molecule has 1 N–H and O–H groups in total. The van der Waals surface area contributed by atoms with Crippen molar-refractivity contribution in [3.63, 3.8) is 0 Å². The number of hydrogen-bond donors (Lipinski definition) is 1. The molecule has 0 aromatic carbocycles. The van der Waals surface area contributed by atoms with E-state index in [2.05, 4.69) is 13.8 Å². The van der Waals surface area contributed by atoms with Crippen LogP contribution in [0.1, 0.15) is 52.4 Å². The number of likely N-dealkylation sites (tertiary alicyclic amines) is 1. The summed E-state index contributed by atoms with van der Waals surface area (Å²) in [6.07, 6.45) is 5.50. The minimum Gasteiger partial charge on any atom is -0.480 e. The van der Waals surface area contributed by atoms with E-state index in [0.29, 0.717) is 13.0 Å². The molecule has 1 heterocycles. The van der Waals surface area contributed by atoms with Crippen LogP contribution in [0.15, 0.2) is 0 Å². The van der Waals surface area contributed by atoms with Gasteiger partial charge in [-0.1, -0.05) is 20.3 Å². The van der Waals surface area contributed by atoms with Crippen LogP contribution in [0.2, 0.25) is 0 Å². The molecule has 1 saturated heterocycles. The zero-order valence-corrected chi connectivity index (χ0v) is 11.3. The van der Waals surface area contributed by atoms with Crippen molar-refractivity contribution < 1.29 is 14.7 Å². The van der Waals surface area contributed by atoms with Crippen LogP contribution >= 0.6 is 0 Å². The van der Waals surface area contributed by atoms with Gasteiger partial charge in [0, 0.05) is 12.5 Å². The van der Waals surface area contributed by atoms with Crippen LogP contribution in [-0.4, -0.2) is 34.5 Å².